The number of carbonyl (C=O) groups excluding carboxylic acids is 1. The Bertz CT molecular complexity index is 1170. The van der Waals surface area contributed by atoms with E-state index in [4.69, 9.17) is 0 Å². The van der Waals surface area contributed by atoms with E-state index < -0.39 is 6.04 Å². The molecular weight excluding hydrogens is 431 g/mol. The van der Waals surface area contributed by atoms with Crippen molar-refractivity contribution in [2.24, 2.45) is 7.05 Å². The normalized spacial score (nSPS) is 12.0. The molecule has 8 heteroatoms. The molecule has 0 aliphatic carbocycles. The Kier molecular flexibility index (Phi) is 6.48. The van der Waals surface area contributed by atoms with E-state index in [1.54, 1.807) is 41.4 Å². The van der Waals surface area contributed by atoms with Crippen LogP contribution in [0.1, 0.15) is 38.5 Å². The molecule has 2 heterocycles. The molecule has 4 rings (SSSR count). The van der Waals surface area contributed by atoms with Crippen molar-refractivity contribution < 1.29 is 9.18 Å². The lowest BCUT2D eigenvalue weighted by atomic mass is 10.1. The second-order valence-corrected chi connectivity index (χ2v) is 9.14. The van der Waals surface area contributed by atoms with Crippen molar-refractivity contribution >= 4 is 29.0 Å². The van der Waals surface area contributed by atoms with Gasteiger partial charge in [0.2, 0.25) is 0 Å². The minimum absolute atomic E-state index is 0.219. The van der Waals surface area contributed by atoms with Crippen LogP contribution in [0.2, 0.25) is 0 Å². The second kappa shape index (κ2) is 9.45. The van der Waals surface area contributed by atoms with E-state index in [2.05, 4.69) is 20.7 Å². The molecule has 2 aromatic heterocycles. The monoisotopic (exact) mass is 452 g/mol. The summed E-state index contributed by atoms with van der Waals surface area (Å²) < 4.78 is 15.2. The van der Waals surface area contributed by atoms with Crippen LogP contribution in [-0.4, -0.2) is 20.4 Å². The zero-order valence-electron chi connectivity index (χ0n) is 17.1. The van der Waals surface area contributed by atoms with Gasteiger partial charge in [-0.3, -0.25) is 4.79 Å². The van der Waals surface area contributed by atoms with Gasteiger partial charge in [-0.1, -0.05) is 12.1 Å². The molecule has 31 heavy (non-hydrogen) atoms. The van der Waals surface area contributed by atoms with Crippen LogP contribution in [0.5, 0.6) is 0 Å². The van der Waals surface area contributed by atoms with Crippen molar-refractivity contribution in [3.8, 4) is 0 Å². The average Bonchev–Trinajstić information content (AvgIpc) is 3.39. The van der Waals surface area contributed by atoms with E-state index in [1.807, 2.05) is 49.0 Å². The van der Waals surface area contributed by atoms with Gasteiger partial charge in [0, 0.05) is 41.0 Å². The van der Waals surface area contributed by atoms with E-state index in [1.165, 1.54) is 12.1 Å². The molecule has 1 amide bonds. The van der Waals surface area contributed by atoms with E-state index in [0.29, 0.717) is 11.4 Å². The fourth-order valence-electron chi connectivity index (χ4n) is 3.16. The highest BCUT2D eigenvalue weighted by Crippen LogP contribution is 2.25. The number of amides is 1. The summed E-state index contributed by atoms with van der Waals surface area (Å²) in [7, 11) is 1.86. The number of rotatable bonds is 7. The topological polar surface area (TPSA) is 59.8 Å². The van der Waals surface area contributed by atoms with Gasteiger partial charge in [-0.15, -0.1) is 23.1 Å². The summed E-state index contributed by atoms with van der Waals surface area (Å²) in [4.78, 5) is 22.9. The number of benzene rings is 2. The minimum atomic E-state index is -0.491. The predicted molar refractivity (Wildman–Crippen MR) is 122 cm³/mol. The zero-order chi connectivity index (χ0) is 21.8. The Morgan fingerprint density at radius 1 is 1.19 bits per heavy atom. The number of thioether (sulfide) groups is 1. The van der Waals surface area contributed by atoms with Crippen LogP contribution in [0, 0.1) is 12.7 Å². The van der Waals surface area contributed by atoms with Crippen LogP contribution >= 0.6 is 23.1 Å². The fraction of sp³-hybridized carbons (Fsp3) is 0.174. The molecule has 1 N–H and O–H groups in total. The molecule has 0 aliphatic rings. The standard InChI is InChI=1S/C23H21FN4OS2/c1-15-26-19(13-30-15)14-31-20-9-5-17(6-10-20)23(29)27-21(22-25-11-12-28(22)2)16-3-7-18(24)8-4-16/h3-13,21H,14H2,1-2H3,(H,27,29). The highest BCUT2D eigenvalue weighted by atomic mass is 32.2. The third kappa shape index (κ3) is 5.21. The van der Waals surface area contributed by atoms with Crippen LogP contribution in [0.3, 0.4) is 0 Å². The molecule has 0 fully saturated rings. The molecule has 0 saturated carbocycles. The molecular formula is C23H21FN4OS2. The molecule has 0 spiro atoms. The number of halogens is 1. The molecule has 0 saturated heterocycles. The number of aryl methyl sites for hydroxylation is 2. The van der Waals surface area contributed by atoms with Gasteiger partial charge in [-0.25, -0.2) is 14.4 Å². The van der Waals surface area contributed by atoms with Gasteiger partial charge < -0.3 is 9.88 Å². The van der Waals surface area contributed by atoms with Crippen molar-refractivity contribution in [2.45, 2.75) is 23.6 Å². The minimum Gasteiger partial charge on any atom is -0.338 e. The van der Waals surface area contributed by atoms with Gasteiger partial charge in [-0.2, -0.15) is 0 Å². The fourth-order valence-corrected chi connectivity index (χ4v) is 4.67. The highest BCUT2D eigenvalue weighted by molar-refractivity contribution is 7.98. The van der Waals surface area contributed by atoms with E-state index in [9.17, 15) is 9.18 Å². The van der Waals surface area contributed by atoms with Crippen LogP contribution < -0.4 is 5.32 Å². The summed E-state index contributed by atoms with van der Waals surface area (Å²) in [5.41, 5.74) is 2.37. The smallest absolute Gasteiger partial charge is 0.252 e. The van der Waals surface area contributed by atoms with Crippen molar-refractivity contribution in [3.63, 3.8) is 0 Å². The van der Waals surface area contributed by atoms with Gasteiger partial charge in [0.25, 0.3) is 5.91 Å². The number of carbonyl (C=O) groups is 1. The van der Waals surface area contributed by atoms with Crippen LogP contribution in [0.4, 0.5) is 4.39 Å². The Morgan fingerprint density at radius 2 is 1.94 bits per heavy atom. The number of aromatic nitrogens is 3. The Hall–Kier alpha value is -2.97. The Morgan fingerprint density at radius 3 is 2.55 bits per heavy atom. The van der Waals surface area contributed by atoms with Crippen molar-refractivity contribution in [1.82, 2.24) is 19.9 Å². The van der Waals surface area contributed by atoms with Crippen LogP contribution in [0.25, 0.3) is 0 Å². The average molecular weight is 453 g/mol. The predicted octanol–water partition coefficient (Wildman–Crippen LogP) is 5.14. The Balaban J connectivity index is 1.48. The van der Waals surface area contributed by atoms with Gasteiger partial charge in [-0.05, 0) is 48.9 Å². The molecule has 4 aromatic rings. The lowest BCUT2D eigenvalue weighted by Gasteiger charge is -2.19. The second-order valence-electron chi connectivity index (χ2n) is 7.03. The largest absolute Gasteiger partial charge is 0.338 e. The number of thiazole rings is 1. The number of hydrogen-bond donors (Lipinski definition) is 1. The Labute approximate surface area is 188 Å². The van der Waals surface area contributed by atoms with E-state index in [0.717, 1.165) is 26.9 Å². The molecule has 0 bridgehead atoms. The van der Waals surface area contributed by atoms with Crippen molar-refractivity contribution in [3.05, 3.63) is 99.8 Å². The summed E-state index contributed by atoms with van der Waals surface area (Å²) in [6.07, 6.45) is 3.49. The quantitative estimate of drug-likeness (QED) is 0.395. The maximum Gasteiger partial charge on any atom is 0.252 e. The maximum absolute atomic E-state index is 13.4. The third-order valence-corrected chi connectivity index (χ3v) is 6.63. The zero-order valence-corrected chi connectivity index (χ0v) is 18.7. The highest BCUT2D eigenvalue weighted by Gasteiger charge is 2.21. The molecule has 5 nitrogen and oxygen atoms in total. The summed E-state index contributed by atoms with van der Waals surface area (Å²) in [5, 5.41) is 6.16. The first-order chi connectivity index (χ1) is 15.0. The summed E-state index contributed by atoms with van der Waals surface area (Å²) >= 11 is 3.33. The van der Waals surface area contributed by atoms with Crippen LogP contribution in [0.15, 0.2) is 71.2 Å². The molecule has 1 atom stereocenters. The first kappa shape index (κ1) is 21.3. The summed E-state index contributed by atoms with van der Waals surface area (Å²) in [5.74, 6) is 0.922. The first-order valence-corrected chi connectivity index (χ1v) is 11.5. The van der Waals surface area contributed by atoms with Gasteiger partial charge in [0.05, 0.1) is 10.7 Å². The van der Waals surface area contributed by atoms with Gasteiger partial charge in [0.15, 0.2) is 0 Å². The first-order valence-electron chi connectivity index (χ1n) is 9.67. The molecule has 1 unspecified atom stereocenters. The third-order valence-electron chi connectivity index (χ3n) is 4.77. The van der Waals surface area contributed by atoms with Crippen molar-refractivity contribution in [1.29, 1.82) is 0 Å². The number of nitrogens with one attached hydrogen (secondary N) is 1. The number of hydrogen-bond acceptors (Lipinski definition) is 5. The summed E-state index contributed by atoms with van der Waals surface area (Å²) in [6, 6.07) is 13.1. The number of nitrogens with zero attached hydrogens (tertiary/aromatic N) is 3. The van der Waals surface area contributed by atoms with Gasteiger partial charge >= 0.3 is 0 Å². The summed E-state index contributed by atoms with van der Waals surface area (Å²) in [6.45, 7) is 2.00. The van der Waals surface area contributed by atoms with E-state index in [-0.39, 0.29) is 11.7 Å². The van der Waals surface area contributed by atoms with E-state index >= 15 is 0 Å². The van der Waals surface area contributed by atoms with Gasteiger partial charge in [0.1, 0.15) is 17.7 Å². The molecule has 2 aromatic carbocycles. The van der Waals surface area contributed by atoms with Crippen molar-refractivity contribution in [2.75, 3.05) is 0 Å². The SMILES string of the molecule is Cc1nc(CSc2ccc(C(=O)NC(c3ccc(F)cc3)c3nccn3C)cc2)cs1. The molecule has 158 valence electrons. The van der Waals surface area contributed by atoms with Crippen LogP contribution in [-0.2, 0) is 12.8 Å². The maximum atomic E-state index is 13.4. The molecule has 0 radical (unpaired) electrons. The lowest BCUT2D eigenvalue weighted by Crippen LogP contribution is -2.31. The lowest BCUT2D eigenvalue weighted by molar-refractivity contribution is 0.0941. The molecule has 0 aliphatic heterocycles. The number of imidazole rings is 1.